The highest BCUT2D eigenvalue weighted by Gasteiger charge is 2.54. The Hall–Kier alpha value is -2.87. The molecule has 162 valence electrons. The monoisotopic (exact) mass is 458 g/mol. The first-order chi connectivity index (χ1) is 14.0. The zero-order chi connectivity index (χ0) is 22.2. The number of nitrogens with one attached hydrogen (secondary N) is 1. The number of aliphatic carboxylic acids is 1. The Morgan fingerprint density at radius 2 is 2.10 bits per heavy atom. The fourth-order valence-electron chi connectivity index (χ4n) is 3.10. The van der Waals surface area contributed by atoms with E-state index in [9.17, 15) is 32.7 Å². The first-order valence-corrected chi connectivity index (χ1v) is 11.5. The van der Waals surface area contributed by atoms with Gasteiger partial charge in [-0.05, 0) is 0 Å². The molecule has 2 atom stereocenters. The number of carboxylic acids is 1. The smallest absolute Gasteiger partial charge is 0.352 e. The lowest BCUT2D eigenvalue weighted by Gasteiger charge is -2.49. The summed E-state index contributed by atoms with van der Waals surface area (Å²) in [6.45, 7) is 0.574. The number of sulfone groups is 1. The van der Waals surface area contributed by atoms with E-state index in [0.29, 0.717) is 0 Å². The minimum absolute atomic E-state index is 0.204. The SMILES string of the molecule is CC(=O)OCC1=C(C(=O)O)N2C(=O)C(NC(=O)Cn3ccnc3S(C)(=O)=O)C2SC1. The molecule has 1 aromatic heterocycles. The van der Waals surface area contributed by atoms with Gasteiger partial charge >= 0.3 is 11.9 Å². The molecule has 12 nitrogen and oxygen atoms in total. The van der Waals surface area contributed by atoms with E-state index in [-0.39, 0.29) is 35.3 Å². The van der Waals surface area contributed by atoms with E-state index in [1.807, 2.05) is 0 Å². The second-order valence-corrected chi connectivity index (χ2v) is 9.62. The standard InChI is InChI=1S/C16H18N4O8S2/c1-8(21)28-6-9-7-29-14-11(13(23)20(14)12(9)15(24)25)18-10(22)5-19-4-3-17-16(19)30(2,26)27/h3-4,11,14H,5-7H2,1-2H3,(H,18,22)(H,24,25). The maximum absolute atomic E-state index is 12.5. The van der Waals surface area contributed by atoms with E-state index in [1.165, 1.54) is 31.1 Å². The van der Waals surface area contributed by atoms with Crippen LogP contribution in [0.2, 0.25) is 0 Å². The topological polar surface area (TPSA) is 165 Å². The van der Waals surface area contributed by atoms with Gasteiger partial charge in [0.05, 0.1) is 0 Å². The molecule has 2 amide bonds. The molecule has 0 bridgehead atoms. The normalized spacial score (nSPS) is 21.0. The van der Waals surface area contributed by atoms with Crippen LogP contribution in [0.1, 0.15) is 6.92 Å². The summed E-state index contributed by atoms with van der Waals surface area (Å²) in [6, 6.07) is -0.961. The highest BCUT2D eigenvalue weighted by Crippen LogP contribution is 2.40. The van der Waals surface area contributed by atoms with Crippen molar-refractivity contribution in [3.05, 3.63) is 23.7 Å². The maximum atomic E-state index is 12.5. The van der Waals surface area contributed by atoms with Crippen molar-refractivity contribution in [1.29, 1.82) is 0 Å². The second-order valence-electron chi connectivity index (χ2n) is 6.60. The van der Waals surface area contributed by atoms with Gasteiger partial charge in [-0.2, -0.15) is 0 Å². The number of β-lactam (4-membered cyclic amide) rings is 1. The van der Waals surface area contributed by atoms with Gasteiger partial charge in [0.15, 0.2) is 0 Å². The number of rotatable bonds is 7. The van der Waals surface area contributed by atoms with Crippen molar-refractivity contribution in [2.24, 2.45) is 0 Å². The Morgan fingerprint density at radius 3 is 2.70 bits per heavy atom. The lowest BCUT2D eigenvalue weighted by molar-refractivity contribution is -0.151. The number of ether oxygens (including phenoxy) is 1. The summed E-state index contributed by atoms with van der Waals surface area (Å²) in [4.78, 5) is 52.3. The zero-order valence-corrected chi connectivity index (χ0v) is 17.5. The van der Waals surface area contributed by atoms with Crippen molar-refractivity contribution in [1.82, 2.24) is 19.8 Å². The number of aromatic nitrogens is 2. The zero-order valence-electron chi connectivity index (χ0n) is 15.9. The molecule has 0 spiro atoms. The Balaban J connectivity index is 1.71. The Morgan fingerprint density at radius 1 is 1.40 bits per heavy atom. The first kappa shape index (κ1) is 21.8. The predicted molar refractivity (Wildman–Crippen MR) is 102 cm³/mol. The highest BCUT2D eigenvalue weighted by molar-refractivity contribution is 8.00. The van der Waals surface area contributed by atoms with Crippen LogP contribution in [0, 0.1) is 0 Å². The highest BCUT2D eigenvalue weighted by atomic mass is 32.2. The van der Waals surface area contributed by atoms with Crippen molar-refractivity contribution in [3.63, 3.8) is 0 Å². The first-order valence-electron chi connectivity index (χ1n) is 8.54. The van der Waals surface area contributed by atoms with Gasteiger partial charge in [-0.15, -0.1) is 11.8 Å². The van der Waals surface area contributed by atoms with E-state index in [4.69, 9.17) is 4.74 Å². The molecule has 30 heavy (non-hydrogen) atoms. The van der Waals surface area contributed by atoms with Gasteiger partial charge in [0.2, 0.25) is 20.9 Å². The molecule has 1 aromatic rings. The number of thioether (sulfide) groups is 1. The number of esters is 1. The molecule has 3 heterocycles. The molecule has 1 saturated heterocycles. The lowest BCUT2D eigenvalue weighted by atomic mass is 10.0. The van der Waals surface area contributed by atoms with Crippen molar-refractivity contribution in [3.8, 4) is 0 Å². The average molecular weight is 458 g/mol. The minimum atomic E-state index is -3.63. The molecule has 2 aliphatic rings. The van der Waals surface area contributed by atoms with Crippen molar-refractivity contribution in [2.75, 3.05) is 18.6 Å². The fraction of sp³-hybridized carbons (Fsp3) is 0.438. The second kappa shape index (κ2) is 8.10. The molecular weight excluding hydrogens is 440 g/mol. The molecule has 2 unspecified atom stereocenters. The maximum Gasteiger partial charge on any atom is 0.352 e. The molecule has 2 aliphatic heterocycles. The molecule has 0 radical (unpaired) electrons. The average Bonchev–Trinajstić information content (AvgIpc) is 3.11. The van der Waals surface area contributed by atoms with Crippen LogP contribution in [0.25, 0.3) is 0 Å². The summed E-state index contributed by atoms with van der Waals surface area (Å²) < 4.78 is 29.4. The van der Waals surface area contributed by atoms with Gasteiger partial charge in [-0.25, -0.2) is 18.2 Å². The van der Waals surface area contributed by atoms with E-state index in [1.54, 1.807) is 0 Å². The van der Waals surface area contributed by atoms with Crippen LogP contribution in [0.5, 0.6) is 0 Å². The van der Waals surface area contributed by atoms with Crippen LogP contribution in [-0.4, -0.2) is 81.8 Å². The van der Waals surface area contributed by atoms with E-state index in [0.717, 1.165) is 15.7 Å². The third kappa shape index (κ3) is 4.18. The number of carboxylic acid groups (broad SMARTS) is 1. The van der Waals surface area contributed by atoms with Crippen LogP contribution >= 0.6 is 11.8 Å². The number of hydrogen-bond acceptors (Lipinski definition) is 9. The van der Waals surface area contributed by atoms with Gasteiger partial charge in [0.1, 0.15) is 30.3 Å². The molecule has 0 aliphatic carbocycles. The van der Waals surface area contributed by atoms with Crippen LogP contribution in [0.15, 0.2) is 28.8 Å². The number of carbonyl (C=O) groups is 4. The molecular formula is C16H18N4O8S2. The quantitative estimate of drug-likeness (QED) is 0.366. The van der Waals surface area contributed by atoms with E-state index >= 15 is 0 Å². The summed E-state index contributed by atoms with van der Waals surface area (Å²) >= 11 is 1.23. The fourth-order valence-corrected chi connectivity index (χ4v) is 5.23. The number of hydrogen-bond donors (Lipinski definition) is 2. The number of fused-ring (bicyclic) bond motifs is 1. The van der Waals surface area contributed by atoms with E-state index < -0.39 is 45.0 Å². The van der Waals surface area contributed by atoms with Gasteiger partial charge in [-0.3, -0.25) is 19.3 Å². The third-order valence-corrected chi connectivity index (χ3v) is 6.68. The van der Waals surface area contributed by atoms with Gasteiger partial charge in [-0.1, -0.05) is 0 Å². The van der Waals surface area contributed by atoms with Gasteiger partial charge in [0.25, 0.3) is 5.91 Å². The number of imidazole rings is 1. The van der Waals surface area contributed by atoms with Crippen LogP contribution < -0.4 is 5.32 Å². The summed E-state index contributed by atoms with van der Waals surface area (Å²) in [5.74, 6) is -2.95. The van der Waals surface area contributed by atoms with Crippen molar-refractivity contribution >= 4 is 45.4 Å². The van der Waals surface area contributed by atoms with Crippen LogP contribution in [0.4, 0.5) is 0 Å². The van der Waals surface area contributed by atoms with Gasteiger partial charge < -0.3 is 19.7 Å². The number of carbonyl (C=O) groups excluding carboxylic acids is 3. The Kier molecular flexibility index (Phi) is 5.90. The molecule has 1 fully saturated rings. The molecule has 0 saturated carbocycles. The largest absolute Gasteiger partial charge is 0.477 e. The molecule has 3 rings (SSSR count). The number of amides is 2. The Labute approximate surface area is 175 Å². The van der Waals surface area contributed by atoms with Crippen LogP contribution in [-0.2, 0) is 40.3 Å². The molecule has 2 N–H and O–H groups in total. The lowest BCUT2D eigenvalue weighted by Crippen LogP contribution is -2.70. The van der Waals surface area contributed by atoms with Crippen molar-refractivity contribution in [2.45, 2.75) is 30.0 Å². The predicted octanol–water partition coefficient (Wildman–Crippen LogP) is -1.41. The minimum Gasteiger partial charge on any atom is -0.477 e. The molecule has 0 aromatic carbocycles. The van der Waals surface area contributed by atoms with Crippen molar-refractivity contribution < 1.29 is 37.4 Å². The van der Waals surface area contributed by atoms with Gasteiger partial charge in [0, 0.05) is 36.9 Å². The summed E-state index contributed by atoms with van der Waals surface area (Å²) in [5, 5.41) is 11.1. The Bertz CT molecular complexity index is 1060. The summed E-state index contributed by atoms with van der Waals surface area (Å²) in [6.07, 6.45) is 3.53. The summed E-state index contributed by atoms with van der Waals surface area (Å²) in [5.41, 5.74) is 0.0257. The summed E-state index contributed by atoms with van der Waals surface area (Å²) in [7, 11) is -3.63. The third-order valence-electron chi connectivity index (χ3n) is 4.34. The van der Waals surface area contributed by atoms with E-state index in [2.05, 4.69) is 10.3 Å². The van der Waals surface area contributed by atoms with Crippen LogP contribution in [0.3, 0.4) is 0 Å². The number of nitrogens with zero attached hydrogens (tertiary/aromatic N) is 3. The molecule has 14 heteroatoms.